The molecule has 0 aliphatic carbocycles. The largest absolute Gasteiger partial charge is 0.496 e. The van der Waals surface area contributed by atoms with Gasteiger partial charge in [0, 0.05) is 35.8 Å². The Labute approximate surface area is 158 Å². The van der Waals surface area contributed by atoms with E-state index in [1.165, 1.54) is 24.0 Å². The van der Waals surface area contributed by atoms with Gasteiger partial charge in [0.25, 0.3) is 0 Å². The van der Waals surface area contributed by atoms with Crippen LogP contribution in [-0.2, 0) is 0 Å². The van der Waals surface area contributed by atoms with E-state index in [1.54, 1.807) is 18.4 Å². The second-order valence-electron chi connectivity index (χ2n) is 6.77. The van der Waals surface area contributed by atoms with Crippen LogP contribution >= 0.6 is 11.3 Å². The molecule has 0 unspecified atom stereocenters. The number of pyridine rings is 1. The van der Waals surface area contributed by atoms with Gasteiger partial charge in [-0.15, -0.1) is 11.3 Å². The molecule has 0 bridgehead atoms. The van der Waals surface area contributed by atoms with Crippen molar-refractivity contribution in [3.63, 3.8) is 0 Å². The molecular weight excluding hydrogens is 342 g/mol. The summed E-state index contributed by atoms with van der Waals surface area (Å²) in [6.45, 7) is 6.38. The van der Waals surface area contributed by atoms with Gasteiger partial charge in [-0.2, -0.15) is 0 Å². The van der Waals surface area contributed by atoms with Crippen molar-refractivity contribution in [3.05, 3.63) is 47.0 Å². The van der Waals surface area contributed by atoms with Gasteiger partial charge in [-0.1, -0.05) is 0 Å². The predicted molar refractivity (Wildman–Crippen MR) is 108 cm³/mol. The van der Waals surface area contributed by atoms with Gasteiger partial charge in [-0.05, 0) is 62.1 Å². The van der Waals surface area contributed by atoms with Gasteiger partial charge in [0.05, 0.1) is 12.8 Å². The van der Waals surface area contributed by atoms with E-state index in [1.807, 2.05) is 12.3 Å². The third kappa shape index (κ3) is 3.19. The second-order valence-corrected chi connectivity index (χ2v) is 7.63. The third-order valence-electron chi connectivity index (χ3n) is 4.94. The van der Waals surface area contributed by atoms with Crippen molar-refractivity contribution < 1.29 is 4.74 Å². The first kappa shape index (κ1) is 17.0. The van der Waals surface area contributed by atoms with E-state index >= 15 is 0 Å². The summed E-state index contributed by atoms with van der Waals surface area (Å²) in [7, 11) is 1.71. The first-order valence-electron chi connectivity index (χ1n) is 8.98. The third-order valence-corrected chi connectivity index (χ3v) is 5.84. The molecule has 2 aromatic heterocycles. The molecule has 3 aromatic rings. The first-order chi connectivity index (χ1) is 12.7. The van der Waals surface area contributed by atoms with E-state index in [2.05, 4.69) is 47.3 Å². The van der Waals surface area contributed by atoms with E-state index in [4.69, 9.17) is 9.72 Å². The fourth-order valence-electron chi connectivity index (χ4n) is 3.49. The fourth-order valence-corrected chi connectivity index (χ4v) is 4.30. The van der Waals surface area contributed by atoms with E-state index < -0.39 is 0 Å². The molecule has 0 spiro atoms. The number of aromatic nitrogens is 2. The summed E-state index contributed by atoms with van der Waals surface area (Å²) in [5.74, 6) is 1.99. The molecule has 0 N–H and O–H groups in total. The fraction of sp³-hybridized carbons (Fsp3) is 0.333. The molecule has 1 fully saturated rings. The van der Waals surface area contributed by atoms with Gasteiger partial charge < -0.3 is 9.64 Å². The van der Waals surface area contributed by atoms with Crippen LogP contribution in [0.2, 0.25) is 0 Å². The number of anilines is 1. The van der Waals surface area contributed by atoms with E-state index in [0.29, 0.717) is 0 Å². The highest BCUT2D eigenvalue weighted by Gasteiger charge is 2.16. The minimum absolute atomic E-state index is 0.922. The summed E-state index contributed by atoms with van der Waals surface area (Å²) in [5.41, 5.74) is 5.63. The summed E-state index contributed by atoms with van der Waals surface area (Å²) in [6.07, 6.45) is 4.40. The second kappa shape index (κ2) is 7.08. The van der Waals surface area contributed by atoms with E-state index in [9.17, 15) is 0 Å². The monoisotopic (exact) mass is 365 g/mol. The normalized spacial score (nSPS) is 14.0. The Balaban J connectivity index is 1.67. The van der Waals surface area contributed by atoms with Crippen molar-refractivity contribution in [2.45, 2.75) is 26.7 Å². The molecule has 0 amide bonds. The van der Waals surface area contributed by atoms with Crippen LogP contribution in [-0.4, -0.2) is 30.2 Å². The molecule has 134 valence electrons. The maximum absolute atomic E-state index is 5.42. The highest BCUT2D eigenvalue weighted by molar-refractivity contribution is 7.13. The Morgan fingerprint density at radius 2 is 1.88 bits per heavy atom. The average molecular weight is 366 g/mol. The van der Waals surface area contributed by atoms with Gasteiger partial charge in [0.15, 0.2) is 0 Å². The Morgan fingerprint density at radius 1 is 1.08 bits per heavy atom. The van der Waals surface area contributed by atoms with Crippen LogP contribution in [0.5, 0.6) is 5.75 Å². The first-order valence-corrected chi connectivity index (χ1v) is 9.86. The number of ether oxygens (including phenoxy) is 1. The number of hydrogen-bond donors (Lipinski definition) is 0. The van der Waals surface area contributed by atoms with Gasteiger partial charge in [-0.3, -0.25) is 0 Å². The predicted octanol–water partition coefficient (Wildman–Crippen LogP) is 5.10. The molecule has 1 aliphatic heterocycles. The SMILES string of the molecule is COc1cc(C)c(-c2csc(-c3ccnc(N4CCCC4)c3)n2)cc1C. The van der Waals surface area contributed by atoms with Crippen LogP contribution in [0.4, 0.5) is 5.82 Å². The van der Waals surface area contributed by atoms with Crippen LogP contribution < -0.4 is 9.64 Å². The van der Waals surface area contributed by atoms with Crippen LogP contribution in [0.15, 0.2) is 35.8 Å². The molecule has 26 heavy (non-hydrogen) atoms. The Morgan fingerprint density at radius 3 is 2.65 bits per heavy atom. The van der Waals surface area contributed by atoms with E-state index in [-0.39, 0.29) is 0 Å². The molecule has 1 aromatic carbocycles. The molecular formula is C21H23N3OS. The quantitative estimate of drug-likeness (QED) is 0.645. The van der Waals surface area contributed by atoms with Crippen LogP contribution in [0.3, 0.4) is 0 Å². The van der Waals surface area contributed by atoms with Gasteiger partial charge in [0.2, 0.25) is 0 Å². The molecule has 4 rings (SSSR count). The van der Waals surface area contributed by atoms with Crippen molar-refractivity contribution >= 4 is 17.2 Å². The topological polar surface area (TPSA) is 38.2 Å². The van der Waals surface area contributed by atoms with Crippen LogP contribution in [0.1, 0.15) is 24.0 Å². The number of nitrogens with zero attached hydrogens (tertiary/aromatic N) is 3. The molecule has 0 atom stereocenters. The van der Waals surface area contributed by atoms with Crippen molar-refractivity contribution in [3.8, 4) is 27.6 Å². The van der Waals surface area contributed by atoms with Gasteiger partial charge in [-0.25, -0.2) is 9.97 Å². The number of thiazole rings is 1. The summed E-state index contributed by atoms with van der Waals surface area (Å²) in [6, 6.07) is 8.46. The highest BCUT2D eigenvalue weighted by atomic mass is 32.1. The number of methoxy groups -OCH3 is 1. The Kier molecular flexibility index (Phi) is 4.64. The van der Waals surface area contributed by atoms with E-state index in [0.717, 1.165) is 46.5 Å². The zero-order valence-electron chi connectivity index (χ0n) is 15.5. The van der Waals surface area contributed by atoms with Crippen molar-refractivity contribution in [2.24, 2.45) is 0 Å². The minimum atomic E-state index is 0.922. The maximum Gasteiger partial charge on any atom is 0.129 e. The lowest BCUT2D eigenvalue weighted by atomic mass is 10.0. The average Bonchev–Trinajstić information content (AvgIpc) is 3.35. The number of rotatable bonds is 4. The number of hydrogen-bond acceptors (Lipinski definition) is 5. The number of aryl methyl sites for hydroxylation is 2. The summed E-state index contributed by atoms with van der Waals surface area (Å²) in [4.78, 5) is 11.8. The Hall–Kier alpha value is -2.40. The summed E-state index contributed by atoms with van der Waals surface area (Å²) >= 11 is 1.68. The van der Waals surface area contributed by atoms with Crippen molar-refractivity contribution in [2.75, 3.05) is 25.1 Å². The number of benzene rings is 1. The van der Waals surface area contributed by atoms with Crippen molar-refractivity contribution in [1.29, 1.82) is 0 Å². The van der Waals surface area contributed by atoms with Gasteiger partial charge in [0.1, 0.15) is 16.6 Å². The molecule has 0 radical (unpaired) electrons. The maximum atomic E-state index is 5.42. The lowest BCUT2D eigenvalue weighted by Crippen LogP contribution is -2.18. The lowest BCUT2D eigenvalue weighted by molar-refractivity contribution is 0.411. The molecule has 1 aliphatic rings. The van der Waals surface area contributed by atoms with Crippen LogP contribution in [0.25, 0.3) is 21.8 Å². The summed E-state index contributed by atoms with van der Waals surface area (Å²) < 4.78 is 5.42. The molecule has 4 nitrogen and oxygen atoms in total. The molecule has 5 heteroatoms. The molecule has 0 saturated carbocycles. The molecule has 3 heterocycles. The standard InChI is InChI=1S/C21H23N3OS/c1-14-11-19(25-3)15(2)10-17(14)18-13-26-21(23-18)16-6-7-22-20(12-16)24-8-4-5-9-24/h6-7,10-13H,4-5,8-9H2,1-3H3. The summed E-state index contributed by atoms with van der Waals surface area (Å²) in [5, 5.41) is 3.18. The van der Waals surface area contributed by atoms with Crippen molar-refractivity contribution in [1.82, 2.24) is 9.97 Å². The molecule has 1 saturated heterocycles. The zero-order valence-corrected chi connectivity index (χ0v) is 16.3. The minimum Gasteiger partial charge on any atom is -0.496 e. The lowest BCUT2D eigenvalue weighted by Gasteiger charge is -2.16. The Bertz CT molecular complexity index is 929. The highest BCUT2D eigenvalue weighted by Crippen LogP contribution is 2.34. The van der Waals surface area contributed by atoms with Crippen LogP contribution in [0, 0.1) is 13.8 Å². The smallest absolute Gasteiger partial charge is 0.129 e. The van der Waals surface area contributed by atoms with Gasteiger partial charge >= 0.3 is 0 Å². The zero-order chi connectivity index (χ0) is 18.1.